The van der Waals surface area contributed by atoms with Crippen molar-refractivity contribution >= 4 is 23.7 Å². The Kier molecular flexibility index (Phi) is 7.11. The van der Waals surface area contributed by atoms with Gasteiger partial charge in [0.2, 0.25) is 0 Å². The van der Waals surface area contributed by atoms with Gasteiger partial charge in [0.25, 0.3) is 0 Å². The van der Waals surface area contributed by atoms with E-state index >= 15 is 0 Å². The second-order valence-electron chi connectivity index (χ2n) is 12.1. The normalized spacial score (nSPS) is 44.5. The minimum absolute atomic E-state index is 0.0358. The standard InChI is InChI=1S/C28H42O7/c1-7-18-8-9-20-19-12-24(32)22-13-25(34-16(3)30)26(35-17(4)31)23(14-33-15(2)29)28(22,6)21(19)10-11-27(18,20)5/h18-23,25-26H,7-14H2,1-6H3/t18-,19-,20-,21-,22+,23?,25-,26+,27+,28+/m0/s1. The average molecular weight is 491 g/mol. The molecule has 35 heavy (non-hydrogen) atoms. The Hall–Kier alpha value is -1.92. The number of ketones is 1. The molecule has 0 heterocycles. The number of Topliss-reactive ketones (excluding diaryl/α,β-unsaturated/α-hetero) is 1. The maximum absolute atomic E-state index is 13.8. The quantitative estimate of drug-likeness (QED) is 0.414. The summed E-state index contributed by atoms with van der Waals surface area (Å²) in [6.45, 7) is 10.9. The highest BCUT2D eigenvalue weighted by Gasteiger charge is 2.67. The van der Waals surface area contributed by atoms with Gasteiger partial charge in [-0.05, 0) is 66.6 Å². The second-order valence-corrected chi connectivity index (χ2v) is 12.1. The van der Waals surface area contributed by atoms with Gasteiger partial charge in [0.05, 0.1) is 6.61 Å². The third-order valence-corrected chi connectivity index (χ3v) is 10.6. The Morgan fingerprint density at radius 1 is 0.943 bits per heavy atom. The van der Waals surface area contributed by atoms with Crippen molar-refractivity contribution in [3.8, 4) is 0 Å². The number of esters is 3. The fourth-order valence-corrected chi connectivity index (χ4v) is 9.16. The lowest BCUT2D eigenvalue weighted by Gasteiger charge is -2.63. The van der Waals surface area contributed by atoms with Gasteiger partial charge in [-0.25, -0.2) is 0 Å². The van der Waals surface area contributed by atoms with Crippen molar-refractivity contribution in [3.63, 3.8) is 0 Å². The van der Waals surface area contributed by atoms with E-state index in [1.54, 1.807) is 0 Å². The van der Waals surface area contributed by atoms with Gasteiger partial charge in [0.1, 0.15) is 18.0 Å². The van der Waals surface area contributed by atoms with Crippen molar-refractivity contribution in [2.75, 3.05) is 6.61 Å². The molecule has 0 radical (unpaired) electrons. The molecule has 0 aromatic rings. The van der Waals surface area contributed by atoms with Crippen LogP contribution < -0.4 is 0 Å². The first-order chi connectivity index (χ1) is 16.4. The molecule has 7 heteroatoms. The minimum Gasteiger partial charge on any atom is -0.465 e. The van der Waals surface area contributed by atoms with E-state index in [2.05, 4.69) is 20.8 Å². The lowest BCUT2D eigenvalue weighted by Crippen LogP contribution is -2.65. The van der Waals surface area contributed by atoms with Gasteiger partial charge in [0.15, 0.2) is 0 Å². The van der Waals surface area contributed by atoms with Crippen LogP contribution in [0.5, 0.6) is 0 Å². The summed E-state index contributed by atoms with van der Waals surface area (Å²) >= 11 is 0. The van der Waals surface area contributed by atoms with E-state index in [0.717, 1.165) is 19.3 Å². The summed E-state index contributed by atoms with van der Waals surface area (Å²) in [5, 5.41) is 0. The summed E-state index contributed by atoms with van der Waals surface area (Å²) < 4.78 is 17.0. The number of fused-ring (bicyclic) bond motifs is 5. The van der Waals surface area contributed by atoms with Crippen LogP contribution in [-0.4, -0.2) is 42.5 Å². The fraction of sp³-hybridized carbons (Fsp3) is 0.857. The Balaban J connectivity index is 1.77. The van der Waals surface area contributed by atoms with Crippen LogP contribution in [0.3, 0.4) is 0 Å². The van der Waals surface area contributed by atoms with Crippen LogP contribution in [0, 0.1) is 46.3 Å². The van der Waals surface area contributed by atoms with Crippen LogP contribution in [-0.2, 0) is 33.4 Å². The van der Waals surface area contributed by atoms with Gasteiger partial charge in [-0.15, -0.1) is 0 Å². The van der Waals surface area contributed by atoms with Crippen molar-refractivity contribution in [1.82, 2.24) is 0 Å². The highest BCUT2D eigenvalue weighted by Crippen LogP contribution is 2.68. The zero-order valence-electron chi connectivity index (χ0n) is 22.1. The van der Waals surface area contributed by atoms with Crippen LogP contribution >= 0.6 is 0 Å². The third kappa shape index (κ3) is 4.31. The zero-order chi connectivity index (χ0) is 25.7. The first kappa shape index (κ1) is 26.2. The maximum atomic E-state index is 13.8. The number of rotatable bonds is 5. The molecule has 4 fully saturated rings. The molecule has 4 rings (SSSR count). The monoisotopic (exact) mass is 490 g/mol. The number of hydrogen-bond acceptors (Lipinski definition) is 7. The first-order valence-electron chi connectivity index (χ1n) is 13.4. The molecule has 4 aliphatic carbocycles. The van der Waals surface area contributed by atoms with Gasteiger partial charge >= 0.3 is 17.9 Å². The minimum atomic E-state index is -0.760. The zero-order valence-corrected chi connectivity index (χ0v) is 22.1. The summed E-state index contributed by atoms with van der Waals surface area (Å²) in [4.78, 5) is 49.8. The van der Waals surface area contributed by atoms with Crippen molar-refractivity contribution in [3.05, 3.63) is 0 Å². The molecule has 10 atom stereocenters. The maximum Gasteiger partial charge on any atom is 0.303 e. The third-order valence-electron chi connectivity index (χ3n) is 10.6. The topological polar surface area (TPSA) is 96.0 Å². The Bertz CT molecular complexity index is 883. The van der Waals surface area contributed by atoms with Crippen LogP contribution in [0.25, 0.3) is 0 Å². The molecule has 0 aromatic carbocycles. The molecule has 0 N–H and O–H groups in total. The van der Waals surface area contributed by atoms with E-state index in [-0.39, 0.29) is 35.6 Å². The number of hydrogen-bond donors (Lipinski definition) is 0. The molecule has 4 aliphatic rings. The van der Waals surface area contributed by atoms with Crippen molar-refractivity contribution in [2.45, 2.75) is 98.7 Å². The largest absolute Gasteiger partial charge is 0.465 e. The molecular weight excluding hydrogens is 448 g/mol. The van der Waals surface area contributed by atoms with Crippen molar-refractivity contribution in [2.24, 2.45) is 46.3 Å². The molecule has 0 saturated heterocycles. The Morgan fingerprint density at radius 3 is 2.23 bits per heavy atom. The molecule has 0 aromatic heterocycles. The van der Waals surface area contributed by atoms with E-state index in [1.807, 2.05) is 0 Å². The Morgan fingerprint density at radius 2 is 1.63 bits per heavy atom. The molecule has 7 nitrogen and oxygen atoms in total. The van der Waals surface area contributed by atoms with Crippen molar-refractivity contribution < 1.29 is 33.4 Å². The molecule has 0 aliphatic heterocycles. The van der Waals surface area contributed by atoms with E-state index < -0.39 is 41.4 Å². The fourth-order valence-electron chi connectivity index (χ4n) is 9.16. The molecule has 0 spiro atoms. The molecule has 0 bridgehead atoms. The summed E-state index contributed by atoms with van der Waals surface area (Å²) in [5.41, 5.74) is -0.257. The summed E-state index contributed by atoms with van der Waals surface area (Å²) in [6.07, 6.45) is 5.09. The van der Waals surface area contributed by atoms with E-state index in [4.69, 9.17) is 14.2 Å². The lowest BCUT2D eigenvalue weighted by atomic mass is 9.41. The molecule has 196 valence electrons. The SMILES string of the molecule is CC[C@H]1CC[C@H]2[C@@H]3CC(=O)[C@H]4C[C@H](OC(C)=O)[C@H](OC(C)=O)C(COC(C)=O)[C@]4(C)[C@H]3CC[C@]12C. The number of carbonyl (C=O) groups excluding carboxylic acids is 4. The van der Waals surface area contributed by atoms with E-state index in [0.29, 0.717) is 24.7 Å². The van der Waals surface area contributed by atoms with E-state index in [9.17, 15) is 19.2 Å². The summed E-state index contributed by atoms with van der Waals surface area (Å²) in [5.74, 6) is -0.178. The lowest BCUT2D eigenvalue weighted by molar-refractivity contribution is -0.222. The highest BCUT2D eigenvalue weighted by molar-refractivity contribution is 5.84. The first-order valence-corrected chi connectivity index (χ1v) is 13.4. The molecule has 4 saturated carbocycles. The number of carbonyl (C=O) groups is 4. The molecule has 0 amide bonds. The van der Waals surface area contributed by atoms with Crippen molar-refractivity contribution in [1.29, 1.82) is 0 Å². The second kappa shape index (κ2) is 9.51. The van der Waals surface area contributed by atoms with Gasteiger partial charge in [0, 0.05) is 39.0 Å². The summed E-state index contributed by atoms with van der Waals surface area (Å²) in [7, 11) is 0. The molecule has 1 unspecified atom stereocenters. The summed E-state index contributed by atoms with van der Waals surface area (Å²) in [6, 6.07) is 0. The highest BCUT2D eigenvalue weighted by atomic mass is 16.6. The van der Waals surface area contributed by atoms with Gasteiger partial charge in [-0.1, -0.05) is 27.2 Å². The van der Waals surface area contributed by atoms with Gasteiger partial charge < -0.3 is 14.2 Å². The Labute approximate surface area is 209 Å². The average Bonchev–Trinajstić information content (AvgIpc) is 3.10. The predicted octanol–water partition coefficient (Wildman–Crippen LogP) is 4.50. The molecular formula is C28H42O7. The van der Waals surface area contributed by atoms with Gasteiger partial charge in [-0.2, -0.15) is 0 Å². The number of ether oxygens (including phenoxy) is 3. The van der Waals surface area contributed by atoms with Crippen LogP contribution in [0.1, 0.15) is 86.5 Å². The predicted molar refractivity (Wildman–Crippen MR) is 128 cm³/mol. The van der Waals surface area contributed by atoms with Crippen LogP contribution in [0.15, 0.2) is 0 Å². The van der Waals surface area contributed by atoms with E-state index in [1.165, 1.54) is 33.6 Å². The van der Waals surface area contributed by atoms with Gasteiger partial charge in [-0.3, -0.25) is 19.2 Å². The van der Waals surface area contributed by atoms with Crippen LogP contribution in [0.2, 0.25) is 0 Å². The van der Waals surface area contributed by atoms with Crippen LogP contribution in [0.4, 0.5) is 0 Å². The smallest absolute Gasteiger partial charge is 0.303 e.